The number of benzene rings is 1. The summed E-state index contributed by atoms with van der Waals surface area (Å²) in [5.74, 6) is 0.291. The lowest BCUT2D eigenvalue weighted by Crippen LogP contribution is -2.38. The second-order valence-corrected chi connectivity index (χ2v) is 6.83. The molecule has 8 heteroatoms. The highest BCUT2D eigenvalue weighted by Gasteiger charge is 2.27. The summed E-state index contributed by atoms with van der Waals surface area (Å²) in [6, 6.07) is 6.84. The molecule has 1 aliphatic heterocycles. The summed E-state index contributed by atoms with van der Waals surface area (Å²) in [5, 5.41) is 25.1. The van der Waals surface area contributed by atoms with Gasteiger partial charge in [-0.2, -0.15) is 5.10 Å². The van der Waals surface area contributed by atoms with Crippen molar-refractivity contribution in [3.8, 4) is 5.75 Å². The molecule has 1 aliphatic rings. The highest BCUT2D eigenvalue weighted by molar-refractivity contribution is 5.96. The number of nitrogens with zero attached hydrogens (tertiary/aromatic N) is 5. The molecule has 0 aliphatic carbocycles. The summed E-state index contributed by atoms with van der Waals surface area (Å²) in [4.78, 5) is 18.6. The van der Waals surface area contributed by atoms with Crippen molar-refractivity contribution in [3.05, 3.63) is 65.0 Å². The Balaban J connectivity index is 1.56. The second kappa shape index (κ2) is 6.55. The Morgan fingerprint density at radius 1 is 1.26 bits per heavy atom. The number of carbonyl (C=O) groups excluding carboxylic acids is 1. The van der Waals surface area contributed by atoms with Gasteiger partial charge in [0.05, 0.1) is 30.0 Å². The van der Waals surface area contributed by atoms with E-state index in [1.54, 1.807) is 44.7 Å². The van der Waals surface area contributed by atoms with Crippen LogP contribution in [0.2, 0.25) is 0 Å². The number of aromatic hydroxyl groups is 1. The van der Waals surface area contributed by atoms with Crippen LogP contribution in [0.25, 0.3) is 0 Å². The summed E-state index contributed by atoms with van der Waals surface area (Å²) >= 11 is 0. The number of aliphatic hydroxyl groups is 1. The number of carbonyl (C=O) groups is 1. The molecule has 3 aromatic rings. The van der Waals surface area contributed by atoms with E-state index in [4.69, 9.17) is 0 Å². The summed E-state index contributed by atoms with van der Waals surface area (Å²) in [7, 11) is 1.82. The molecule has 1 unspecified atom stereocenters. The van der Waals surface area contributed by atoms with Crippen LogP contribution in [0.4, 0.5) is 0 Å². The van der Waals surface area contributed by atoms with E-state index >= 15 is 0 Å². The number of hydrogen-bond acceptors (Lipinski definition) is 5. The average Bonchev–Trinajstić information content (AvgIpc) is 3.26. The third-order valence-corrected chi connectivity index (χ3v) is 4.87. The molecule has 0 saturated heterocycles. The van der Waals surface area contributed by atoms with Gasteiger partial charge < -0.3 is 19.7 Å². The Morgan fingerprint density at radius 3 is 2.78 bits per heavy atom. The van der Waals surface area contributed by atoms with Crippen LogP contribution in [0.15, 0.2) is 36.7 Å². The minimum absolute atomic E-state index is 0.00928. The zero-order chi connectivity index (χ0) is 19.1. The standard InChI is InChI=1S/C19H21N5O3/c1-12-3-4-14(16(25)9-12)19(27)23-7-8-24-13(11-23)10-15(21-24)17(26)18-20-5-6-22(18)2/h3-6,9-10,17,25-26H,7-8,11H2,1-2H3. The smallest absolute Gasteiger partial charge is 0.258 e. The van der Waals surface area contributed by atoms with E-state index in [1.165, 1.54) is 0 Å². The van der Waals surface area contributed by atoms with E-state index in [9.17, 15) is 15.0 Å². The number of amides is 1. The molecule has 3 heterocycles. The van der Waals surface area contributed by atoms with Crippen molar-refractivity contribution in [1.82, 2.24) is 24.2 Å². The highest BCUT2D eigenvalue weighted by atomic mass is 16.3. The fraction of sp³-hybridized carbons (Fsp3) is 0.316. The van der Waals surface area contributed by atoms with E-state index < -0.39 is 6.10 Å². The number of imidazole rings is 1. The van der Waals surface area contributed by atoms with Crippen LogP contribution in [0.3, 0.4) is 0 Å². The fourth-order valence-electron chi connectivity index (χ4n) is 3.36. The maximum Gasteiger partial charge on any atom is 0.258 e. The van der Waals surface area contributed by atoms with Gasteiger partial charge in [0, 0.05) is 26.0 Å². The average molecular weight is 367 g/mol. The monoisotopic (exact) mass is 367 g/mol. The van der Waals surface area contributed by atoms with Crippen LogP contribution >= 0.6 is 0 Å². The predicted octanol–water partition coefficient (Wildman–Crippen LogP) is 1.37. The first-order chi connectivity index (χ1) is 12.9. The third-order valence-electron chi connectivity index (χ3n) is 4.87. The quantitative estimate of drug-likeness (QED) is 0.729. The number of aryl methyl sites for hydroxylation is 2. The van der Waals surface area contributed by atoms with Crippen molar-refractivity contribution >= 4 is 5.91 Å². The van der Waals surface area contributed by atoms with Gasteiger partial charge in [0.2, 0.25) is 0 Å². The Bertz CT molecular complexity index is 1010. The molecule has 0 radical (unpaired) electrons. The summed E-state index contributed by atoms with van der Waals surface area (Å²) < 4.78 is 3.55. The molecular formula is C19H21N5O3. The lowest BCUT2D eigenvalue weighted by atomic mass is 10.1. The number of aliphatic hydroxyl groups excluding tert-OH is 1. The first-order valence-electron chi connectivity index (χ1n) is 8.75. The van der Waals surface area contributed by atoms with E-state index in [2.05, 4.69) is 10.1 Å². The van der Waals surface area contributed by atoms with Crippen LogP contribution in [-0.2, 0) is 20.1 Å². The van der Waals surface area contributed by atoms with Gasteiger partial charge in [-0.3, -0.25) is 9.48 Å². The molecule has 1 amide bonds. The molecule has 4 rings (SSSR count). The molecule has 0 spiro atoms. The van der Waals surface area contributed by atoms with Crippen molar-refractivity contribution in [2.24, 2.45) is 7.05 Å². The lowest BCUT2D eigenvalue weighted by molar-refractivity contribution is 0.0702. The number of phenolic OH excluding ortho intramolecular Hbond substituents is 1. The summed E-state index contributed by atoms with van der Waals surface area (Å²) in [6.07, 6.45) is 2.47. The van der Waals surface area contributed by atoms with Crippen molar-refractivity contribution in [2.75, 3.05) is 6.54 Å². The van der Waals surface area contributed by atoms with Gasteiger partial charge in [0.15, 0.2) is 6.10 Å². The van der Waals surface area contributed by atoms with Gasteiger partial charge in [-0.1, -0.05) is 6.07 Å². The Hall–Kier alpha value is -3.13. The molecule has 1 aromatic carbocycles. The zero-order valence-electron chi connectivity index (χ0n) is 15.2. The minimum Gasteiger partial charge on any atom is -0.507 e. The molecule has 0 fully saturated rings. The number of fused-ring (bicyclic) bond motifs is 1. The Kier molecular flexibility index (Phi) is 4.19. The molecule has 2 aromatic heterocycles. The van der Waals surface area contributed by atoms with Gasteiger partial charge in [-0.15, -0.1) is 0 Å². The maximum absolute atomic E-state index is 12.8. The molecular weight excluding hydrogens is 346 g/mol. The second-order valence-electron chi connectivity index (χ2n) is 6.83. The van der Waals surface area contributed by atoms with Crippen molar-refractivity contribution in [1.29, 1.82) is 0 Å². The van der Waals surface area contributed by atoms with E-state index in [-0.39, 0.29) is 11.7 Å². The number of aromatic nitrogens is 4. The van der Waals surface area contributed by atoms with Crippen LogP contribution in [0, 0.1) is 6.92 Å². The van der Waals surface area contributed by atoms with Gasteiger partial charge in [0.25, 0.3) is 5.91 Å². The van der Waals surface area contributed by atoms with Crippen LogP contribution in [0.1, 0.15) is 39.2 Å². The Labute approximate surface area is 156 Å². The van der Waals surface area contributed by atoms with Gasteiger partial charge in [0.1, 0.15) is 11.6 Å². The minimum atomic E-state index is -0.923. The largest absolute Gasteiger partial charge is 0.507 e. The maximum atomic E-state index is 12.8. The van der Waals surface area contributed by atoms with Gasteiger partial charge in [-0.25, -0.2) is 4.98 Å². The molecule has 8 nitrogen and oxygen atoms in total. The van der Waals surface area contributed by atoms with Gasteiger partial charge >= 0.3 is 0 Å². The van der Waals surface area contributed by atoms with E-state index in [1.807, 2.05) is 20.0 Å². The van der Waals surface area contributed by atoms with Gasteiger partial charge in [-0.05, 0) is 30.7 Å². The number of rotatable bonds is 3. The van der Waals surface area contributed by atoms with Crippen LogP contribution in [0.5, 0.6) is 5.75 Å². The van der Waals surface area contributed by atoms with Crippen LogP contribution in [-0.4, -0.2) is 46.9 Å². The normalized spacial score (nSPS) is 14.9. The van der Waals surface area contributed by atoms with Crippen LogP contribution < -0.4 is 0 Å². The summed E-state index contributed by atoms with van der Waals surface area (Å²) in [6.45, 7) is 3.24. The van der Waals surface area contributed by atoms with E-state index in [0.717, 1.165) is 11.3 Å². The highest BCUT2D eigenvalue weighted by Crippen LogP contribution is 2.25. The topological polar surface area (TPSA) is 96.4 Å². The zero-order valence-corrected chi connectivity index (χ0v) is 15.2. The van der Waals surface area contributed by atoms with Crippen molar-refractivity contribution < 1.29 is 15.0 Å². The molecule has 0 saturated carbocycles. The van der Waals surface area contributed by atoms with E-state index in [0.29, 0.717) is 36.7 Å². The Morgan fingerprint density at radius 2 is 2.07 bits per heavy atom. The lowest BCUT2D eigenvalue weighted by Gasteiger charge is -2.28. The molecule has 2 N–H and O–H groups in total. The number of hydrogen-bond donors (Lipinski definition) is 2. The fourth-order valence-corrected chi connectivity index (χ4v) is 3.36. The molecule has 140 valence electrons. The molecule has 0 bridgehead atoms. The third kappa shape index (κ3) is 3.08. The molecule has 27 heavy (non-hydrogen) atoms. The SMILES string of the molecule is Cc1ccc(C(=O)N2CCn3nc(C(O)c4nccn4C)cc3C2)c(O)c1. The first kappa shape index (κ1) is 17.3. The molecule has 1 atom stereocenters. The summed E-state index contributed by atoms with van der Waals surface area (Å²) in [5.41, 5.74) is 2.53. The predicted molar refractivity (Wildman–Crippen MR) is 97.1 cm³/mol. The first-order valence-corrected chi connectivity index (χ1v) is 8.75. The number of phenols is 1. The van der Waals surface area contributed by atoms with Crippen molar-refractivity contribution in [2.45, 2.75) is 26.1 Å². The van der Waals surface area contributed by atoms with Crippen molar-refractivity contribution in [3.63, 3.8) is 0 Å².